The van der Waals surface area contributed by atoms with Crippen LogP contribution in [0.15, 0.2) is 24.3 Å². The van der Waals surface area contributed by atoms with E-state index in [0.29, 0.717) is 20.9 Å². The maximum Gasteiger partial charge on any atom is 1.00 e. The van der Waals surface area contributed by atoms with Crippen LogP contribution in [0, 0.1) is 0 Å². The molecular formula is C14H15BNaO6S2. The van der Waals surface area contributed by atoms with Gasteiger partial charge in [-0.3, -0.25) is 4.79 Å². The number of hydrogen-bond donors (Lipinski definition) is 1. The fourth-order valence-electron chi connectivity index (χ4n) is 1.30. The molecule has 0 amide bonds. The van der Waals surface area contributed by atoms with E-state index < -0.39 is 5.97 Å². The molecule has 0 aliphatic carbocycles. The molecule has 2 aromatic rings. The summed E-state index contributed by atoms with van der Waals surface area (Å²) in [6, 6.07) is 6.50. The number of hydrogen-bond acceptors (Lipinski definition) is 8. The first-order valence-corrected chi connectivity index (χ1v) is 7.60. The Morgan fingerprint density at radius 2 is 1.58 bits per heavy atom. The van der Waals surface area contributed by atoms with E-state index in [0.717, 1.165) is 16.2 Å². The smallest absolute Gasteiger partial charge is 1.00 e. The van der Waals surface area contributed by atoms with Gasteiger partial charge in [-0.15, -0.1) is 22.7 Å². The standard InChI is InChI=1S/C7H8O3S.C7H6O3S.B.Na.H/c2*1-10-7(9)6-3-2-5(4-8)11-6;;;/h2-3,8H,4H2,1H3;2-4H,1H3;;;/q;;;+1;-1. The molecule has 123 valence electrons. The van der Waals surface area contributed by atoms with E-state index in [2.05, 4.69) is 9.47 Å². The Morgan fingerprint density at radius 1 is 1.08 bits per heavy atom. The number of thiophene rings is 2. The van der Waals surface area contributed by atoms with Crippen LogP contribution in [0.3, 0.4) is 0 Å². The zero-order chi connectivity index (χ0) is 16.5. The number of aldehydes is 1. The second kappa shape index (κ2) is 13.3. The maximum atomic E-state index is 10.8. The second-order valence-electron chi connectivity index (χ2n) is 3.73. The van der Waals surface area contributed by atoms with Crippen LogP contribution in [-0.4, -0.2) is 46.0 Å². The first-order valence-electron chi connectivity index (χ1n) is 5.97. The number of esters is 2. The molecule has 1 N–H and O–H groups in total. The van der Waals surface area contributed by atoms with E-state index in [-0.39, 0.29) is 52.0 Å². The van der Waals surface area contributed by atoms with Crippen LogP contribution in [-0.2, 0) is 16.1 Å². The summed E-state index contributed by atoms with van der Waals surface area (Å²) in [7, 11) is 2.64. The Bertz CT molecular complexity index is 661. The van der Waals surface area contributed by atoms with Gasteiger partial charge >= 0.3 is 41.5 Å². The van der Waals surface area contributed by atoms with Crippen LogP contribution in [0.4, 0.5) is 0 Å². The van der Waals surface area contributed by atoms with Gasteiger partial charge in [0.25, 0.3) is 0 Å². The van der Waals surface area contributed by atoms with Gasteiger partial charge < -0.3 is 16.0 Å². The van der Waals surface area contributed by atoms with E-state index in [1.165, 1.54) is 25.6 Å². The quantitative estimate of drug-likeness (QED) is 0.423. The Labute approximate surface area is 173 Å². The number of aliphatic hydroxyl groups excluding tert-OH is 1. The number of methoxy groups -OCH3 is 2. The number of rotatable bonds is 4. The minimum absolute atomic E-state index is 0. The van der Waals surface area contributed by atoms with Crippen LogP contribution in [0.5, 0.6) is 0 Å². The molecule has 0 bridgehead atoms. The summed E-state index contributed by atoms with van der Waals surface area (Å²) in [5, 5.41) is 8.66. The molecule has 6 nitrogen and oxygen atoms in total. The third-order valence-electron chi connectivity index (χ3n) is 2.33. The summed E-state index contributed by atoms with van der Waals surface area (Å²) in [5.74, 6) is -0.752. The summed E-state index contributed by atoms with van der Waals surface area (Å²) in [6.45, 7) is -0.0261. The van der Waals surface area contributed by atoms with Crippen molar-refractivity contribution in [1.82, 2.24) is 0 Å². The number of carbonyl (C=O) groups excluding carboxylic acids is 3. The van der Waals surface area contributed by atoms with Crippen molar-refractivity contribution < 1.29 is 59.9 Å². The number of ether oxygens (including phenoxy) is 2. The monoisotopic (exact) mass is 377 g/mol. The van der Waals surface area contributed by atoms with Crippen molar-refractivity contribution in [3.63, 3.8) is 0 Å². The van der Waals surface area contributed by atoms with Gasteiger partial charge in [0.1, 0.15) is 9.75 Å². The van der Waals surface area contributed by atoms with E-state index in [1.54, 1.807) is 24.3 Å². The molecule has 0 saturated heterocycles. The molecule has 0 atom stereocenters. The summed E-state index contributed by atoms with van der Waals surface area (Å²) >= 11 is 2.36. The minimum atomic E-state index is -0.400. The van der Waals surface area contributed by atoms with E-state index in [9.17, 15) is 14.4 Å². The van der Waals surface area contributed by atoms with Crippen molar-refractivity contribution in [2.45, 2.75) is 6.61 Å². The average Bonchev–Trinajstić information content (AvgIpc) is 3.22. The summed E-state index contributed by atoms with van der Waals surface area (Å²) in [4.78, 5) is 34.1. The molecule has 3 radical (unpaired) electrons. The van der Waals surface area contributed by atoms with Crippen LogP contribution < -0.4 is 29.6 Å². The molecule has 0 aliphatic heterocycles. The van der Waals surface area contributed by atoms with Crippen molar-refractivity contribution >= 4 is 49.3 Å². The average molecular weight is 377 g/mol. The fourth-order valence-corrected chi connectivity index (χ4v) is 2.83. The van der Waals surface area contributed by atoms with Crippen molar-refractivity contribution in [1.29, 1.82) is 0 Å². The molecule has 0 fully saturated rings. The SMILES string of the molecule is COC(=O)c1ccc(C=O)s1.COC(=O)c1ccc(CO)s1.[B].[H-].[Na+]. The van der Waals surface area contributed by atoms with Crippen LogP contribution in [0.1, 0.15) is 35.3 Å². The Kier molecular flexibility index (Phi) is 14.0. The van der Waals surface area contributed by atoms with Gasteiger partial charge in [-0.05, 0) is 24.3 Å². The Morgan fingerprint density at radius 3 is 1.96 bits per heavy atom. The van der Waals surface area contributed by atoms with Gasteiger partial charge in [0.15, 0.2) is 6.29 Å². The largest absolute Gasteiger partial charge is 1.00 e. The van der Waals surface area contributed by atoms with E-state index >= 15 is 0 Å². The van der Waals surface area contributed by atoms with Crippen LogP contribution in [0.25, 0.3) is 0 Å². The maximum absolute atomic E-state index is 10.8. The summed E-state index contributed by atoms with van der Waals surface area (Å²) < 4.78 is 8.93. The predicted molar refractivity (Wildman–Crippen MR) is 89.5 cm³/mol. The third-order valence-corrected chi connectivity index (χ3v) is 4.37. The van der Waals surface area contributed by atoms with Gasteiger partial charge in [-0.1, -0.05) is 0 Å². The first-order chi connectivity index (χ1) is 10.5. The molecule has 0 unspecified atom stereocenters. The fraction of sp³-hybridized carbons (Fsp3) is 0.214. The van der Waals surface area contributed by atoms with Crippen molar-refractivity contribution in [2.24, 2.45) is 0 Å². The molecule has 24 heavy (non-hydrogen) atoms. The van der Waals surface area contributed by atoms with Crippen molar-refractivity contribution in [2.75, 3.05) is 14.2 Å². The second-order valence-corrected chi connectivity index (χ2v) is 6.01. The van der Waals surface area contributed by atoms with Gasteiger partial charge in [0.2, 0.25) is 0 Å². The zero-order valence-corrected chi connectivity index (χ0v) is 17.1. The molecule has 0 saturated carbocycles. The van der Waals surface area contributed by atoms with Gasteiger partial charge in [0, 0.05) is 13.3 Å². The van der Waals surface area contributed by atoms with Crippen LogP contribution >= 0.6 is 22.7 Å². The summed E-state index contributed by atoms with van der Waals surface area (Å²) in [6.07, 6.45) is 0.705. The molecule has 2 aromatic heterocycles. The minimum Gasteiger partial charge on any atom is -1.00 e. The normalized spacial score (nSPS) is 8.62. The molecule has 0 spiro atoms. The van der Waals surface area contributed by atoms with Gasteiger partial charge in [-0.25, -0.2) is 9.59 Å². The molecule has 2 heterocycles. The topological polar surface area (TPSA) is 89.9 Å². The molecular weight excluding hydrogens is 362 g/mol. The van der Waals surface area contributed by atoms with Gasteiger partial charge in [-0.2, -0.15) is 0 Å². The predicted octanol–water partition coefficient (Wildman–Crippen LogP) is -0.890. The summed E-state index contributed by atoms with van der Waals surface area (Å²) in [5.41, 5.74) is 0. The van der Waals surface area contributed by atoms with Crippen molar-refractivity contribution in [3.8, 4) is 0 Å². The number of aliphatic hydroxyl groups is 1. The van der Waals surface area contributed by atoms with Crippen molar-refractivity contribution in [3.05, 3.63) is 43.8 Å². The third kappa shape index (κ3) is 7.74. The molecule has 2 rings (SSSR count). The first kappa shape index (κ1) is 25.3. The zero-order valence-electron chi connectivity index (χ0n) is 14.5. The molecule has 0 aromatic carbocycles. The van der Waals surface area contributed by atoms with Crippen LogP contribution in [0.2, 0.25) is 0 Å². The van der Waals surface area contributed by atoms with Gasteiger partial charge in [0.05, 0.1) is 25.7 Å². The van der Waals surface area contributed by atoms with E-state index in [1.807, 2.05) is 0 Å². The Hall–Kier alpha value is -0.965. The molecule has 0 aliphatic rings. The Balaban J connectivity index is -0.000000346. The van der Waals surface area contributed by atoms with E-state index in [4.69, 9.17) is 5.11 Å². The molecule has 10 heteroatoms. The number of carbonyl (C=O) groups is 3.